The summed E-state index contributed by atoms with van der Waals surface area (Å²) in [5.41, 5.74) is 39.9. The lowest BCUT2D eigenvalue weighted by Crippen LogP contribution is -2.61. The first-order valence-corrected chi connectivity index (χ1v) is 27.2. The number of H-pyrrole nitrogens is 1. The number of carboxylic acids is 2. The third-order valence-electron chi connectivity index (χ3n) is 12.9. The van der Waals surface area contributed by atoms with Crippen molar-refractivity contribution in [2.45, 2.75) is 119 Å². The molecule has 8 amide bonds. The number of aliphatic hydroxyl groups excluding tert-OH is 3. The first-order chi connectivity index (χ1) is 41.3. The highest BCUT2D eigenvalue weighted by Crippen LogP contribution is 2.20. The van der Waals surface area contributed by atoms with Crippen molar-refractivity contribution in [2.24, 2.45) is 55.1 Å². The van der Waals surface area contributed by atoms with Crippen LogP contribution in [0.15, 0.2) is 69.7 Å². The van der Waals surface area contributed by atoms with Gasteiger partial charge in [0.25, 0.3) is 0 Å². The number of phenols is 1. The number of aliphatic carboxylic acids is 2. The number of amides is 8. The fourth-order valence-electron chi connectivity index (χ4n) is 8.30. The number of rotatable bonds is 39. The van der Waals surface area contributed by atoms with E-state index in [4.69, 9.17) is 40.1 Å². The number of para-hydroxylation sites is 1. The van der Waals surface area contributed by atoms with Gasteiger partial charge in [0.15, 0.2) is 17.9 Å². The number of aliphatic hydroxyl groups is 3. The van der Waals surface area contributed by atoms with Crippen LogP contribution in [0, 0.1) is 0 Å². The van der Waals surface area contributed by atoms with Gasteiger partial charge in [0.05, 0.1) is 25.9 Å². The van der Waals surface area contributed by atoms with E-state index in [9.17, 15) is 78.6 Å². The Hall–Kier alpha value is -9.87. The third kappa shape index (κ3) is 25.5. The van der Waals surface area contributed by atoms with Gasteiger partial charge in [-0.05, 0) is 74.3 Å². The molecule has 0 saturated heterocycles. The highest BCUT2D eigenvalue weighted by Gasteiger charge is 2.35. The monoisotopic (exact) mass is 1230 g/mol. The number of aromatic nitrogens is 1. The molecule has 9 atom stereocenters. The molecule has 0 spiro atoms. The third-order valence-corrected chi connectivity index (χ3v) is 12.9. The first-order valence-electron chi connectivity index (χ1n) is 27.2. The first kappa shape index (κ1) is 71.4. The van der Waals surface area contributed by atoms with Crippen LogP contribution < -0.4 is 82.7 Å². The van der Waals surface area contributed by atoms with E-state index in [1.54, 1.807) is 30.5 Å². The molecule has 0 saturated carbocycles. The van der Waals surface area contributed by atoms with Crippen molar-refractivity contribution in [3.8, 4) is 5.75 Å². The molecule has 1 aromatic heterocycles. The second-order valence-electron chi connectivity index (χ2n) is 19.7. The highest BCUT2D eigenvalue weighted by molar-refractivity contribution is 5.98. The summed E-state index contributed by atoms with van der Waals surface area (Å²) in [6.45, 7) is -3.36. The van der Waals surface area contributed by atoms with Gasteiger partial charge in [0, 0.05) is 56.0 Å². The van der Waals surface area contributed by atoms with Crippen LogP contribution in [0.2, 0.25) is 0 Å². The van der Waals surface area contributed by atoms with Crippen molar-refractivity contribution in [3.63, 3.8) is 0 Å². The number of hydrogen-bond donors (Lipinski definition) is 22. The Morgan fingerprint density at radius 3 is 1.28 bits per heavy atom. The van der Waals surface area contributed by atoms with E-state index in [-0.39, 0.29) is 94.6 Å². The number of nitrogens with two attached hydrogens (primary N) is 7. The van der Waals surface area contributed by atoms with Gasteiger partial charge in [-0.15, -0.1) is 0 Å². The molecular weight excluding hydrogens is 1150 g/mol. The zero-order chi connectivity index (χ0) is 64.8. The van der Waals surface area contributed by atoms with Gasteiger partial charge >= 0.3 is 11.9 Å². The number of carbonyl (C=O) groups excluding carboxylic acids is 8. The molecular formula is C52H79N19O16. The Bertz CT molecular complexity index is 2910. The average molecular weight is 1230 g/mol. The second-order valence-corrected chi connectivity index (χ2v) is 19.7. The van der Waals surface area contributed by atoms with E-state index in [1.165, 1.54) is 24.3 Å². The van der Waals surface area contributed by atoms with Gasteiger partial charge in [-0.1, -0.05) is 30.3 Å². The van der Waals surface area contributed by atoms with Crippen LogP contribution in [0.4, 0.5) is 0 Å². The van der Waals surface area contributed by atoms with Crippen molar-refractivity contribution in [3.05, 3.63) is 65.9 Å². The predicted molar refractivity (Wildman–Crippen MR) is 313 cm³/mol. The molecule has 0 unspecified atom stereocenters. The van der Waals surface area contributed by atoms with Gasteiger partial charge in [0.1, 0.15) is 54.1 Å². The summed E-state index contributed by atoms with van der Waals surface area (Å²) in [5.74, 6) is -12.7. The number of nitrogens with one attached hydrogen (secondary N) is 9. The molecule has 35 nitrogen and oxygen atoms in total. The maximum atomic E-state index is 14.1. The van der Waals surface area contributed by atoms with E-state index in [1.807, 2.05) is 0 Å². The van der Waals surface area contributed by atoms with Gasteiger partial charge in [0.2, 0.25) is 47.3 Å². The lowest BCUT2D eigenvalue weighted by Gasteiger charge is -2.27. The number of carboxylic acid groups (broad SMARTS) is 2. The number of aliphatic imine (C=N–C) groups is 3. The number of nitrogens with zero attached hydrogens (tertiary/aromatic N) is 3. The van der Waals surface area contributed by atoms with E-state index < -0.39 is 146 Å². The second kappa shape index (κ2) is 36.8. The topological polar surface area (TPSA) is 623 Å². The summed E-state index contributed by atoms with van der Waals surface area (Å²) in [4.78, 5) is 149. The highest BCUT2D eigenvalue weighted by atomic mass is 16.4. The summed E-state index contributed by atoms with van der Waals surface area (Å²) in [6, 6.07) is -2.41. The van der Waals surface area contributed by atoms with Crippen LogP contribution in [0.25, 0.3) is 10.9 Å². The number of phenolic OH excluding ortho intramolecular Hbond substituents is 1. The Morgan fingerprint density at radius 2 is 0.839 bits per heavy atom. The van der Waals surface area contributed by atoms with Crippen molar-refractivity contribution in [1.29, 1.82) is 0 Å². The molecule has 0 aliphatic carbocycles. The molecule has 0 fully saturated rings. The van der Waals surface area contributed by atoms with Crippen molar-refractivity contribution in [2.75, 3.05) is 39.5 Å². The van der Waals surface area contributed by atoms with Gasteiger partial charge in [-0.2, -0.15) is 0 Å². The normalized spacial score (nSPS) is 14.0. The quantitative estimate of drug-likeness (QED) is 0.0143. The van der Waals surface area contributed by atoms with E-state index in [0.29, 0.717) is 22.0 Å². The number of benzene rings is 2. The van der Waals surface area contributed by atoms with E-state index >= 15 is 0 Å². The van der Waals surface area contributed by atoms with E-state index in [0.717, 1.165) is 0 Å². The van der Waals surface area contributed by atoms with Gasteiger partial charge in [-0.3, -0.25) is 58.1 Å². The van der Waals surface area contributed by atoms with Crippen molar-refractivity contribution < 1.29 is 78.6 Å². The standard InChI is InChI=1S/C52H79N19O16/c53-30(7-3-17-60-50(54)55)41(78)69-37(23-72)46(83)65-32(9-4-18-61-51(56)57)42(79)66-34(15-16-40(76)77)44(81)64-33(10-5-19-62-52(58)59)43(80)70-39(25-74)48(85)71-38(24-73)47(84)67-35(21-27-22-63-31-8-2-1-6-29(27)31)45(82)68-36(49(86)87)20-26-11-13-28(75)14-12-26/h1-2,6,8,11-14,22,30,32-39,63,72-75H,3-5,7,9-10,15-21,23-25,53H2,(H,64,81)(H,65,83)(H,66,79)(H,67,84)(H,68,82)(H,69,78)(H,70,80)(H,71,85)(H,76,77)(H,86,87)(H4,54,55,60)(H4,56,57,61)(H4,58,59,62)/t30-,32-,33-,34-,35-,36-,37-,38-,39-/m0/s1. The van der Waals surface area contributed by atoms with Gasteiger partial charge in [-0.25, -0.2) is 4.79 Å². The minimum Gasteiger partial charge on any atom is -0.508 e. The summed E-state index contributed by atoms with van der Waals surface area (Å²) < 4.78 is 0. The molecule has 87 heavy (non-hydrogen) atoms. The minimum atomic E-state index is -1.94. The molecule has 3 aromatic rings. The Balaban J connectivity index is 1.87. The number of fused-ring (bicyclic) bond motifs is 1. The average Bonchev–Trinajstić information content (AvgIpc) is 2.51. The smallest absolute Gasteiger partial charge is 0.326 e. The van der Waals surface area contributed by atoms with Gasteiger partial charge < -0.3 is 118 Å². The van der Waals surface area contributed by atoms with Crippen LogP contribution in [-0.4, -0.2) is 207 Å². The van der Waals surface area contributed by atoms with Crippen LogP contribution >= 0.6 is 0 Å². The molecule has 0 aliphatic heterocycles. The van der Waals surface area contributed by atoms with E-state index in [2.05, 4.69) is 62.5 Å². The Labute approximate surface area is 497 Å². The number of hydrogen-bond acceptors (Lipinski definition) is 18. The van der Waals surface area contributed by atoms with Crippen LogP contribution in [0.1, 0.15) is 62.5 Å². The molecule has 1 heterocycles. The zero-order valence-corrected chi connectivity index (χ0v) is 47.4. The Kier molecular flexibility index (Phi) is 30.2. The van der Waals surface area contributed by atoms with Crippen LogP contribution in [0.3, 0.4) is 0 Å². The van der Waals surface area contributed by atoms with Crippen molar-refractivity contribution in [1.82, 2.24) is 47.5 Å². The van der Waals surface area contributed by atoms with Crippen LogP contribution in [0.5, 0.6) is 5.75 Å². The fourth-order valence-corrected chi connectivity index (χ4v) is 8.30. The lowest BCUT2D eigenvalue weighted by atomic mass is 10.0. The minimum absolute atomic E-state index is 0.00273. The fraction of sp³-hybridized carbons (Fsp3) is 0.481. The maximum Gasteiger partial charge on any atom is 0.326 e. The molecule has 0 bridgehead atoms. The lowest BCUT2D eigenvalue weighted by molar-refractivity contribution is -0.142. The molecule has 0 aliphatic rings. The summed E-state index contributed by atoms with van der Waals surface area (Å²) >= 11 is 0. The molecule has 2 aromatic carbocycles. The molecule has 29 N–H and O–H groups in total. The summed E-state index contributed by atoms with van der Waals surface area (Å²) in [6.07, 6.45) is -0.628. The predicted octanol–water partition coefficient (Wildman–Crippen LogP) is -8.05. The molecule has 35 heteroatoms. The Morgan fingerprint density at radius 1 is 0.460 bits per heavy atom. The molecule has 3 rings (SSSR count). The number of carbonyl (C=O) groups is 10. The SMILES string of the molecule is NC(N)=NCCC[C@H](NC(=O)[C@H](CCC(=O)O)NC(=O)[C@H](CCCN=C(N)N)NC(=O)[C@H](CO)NC(=O)[C@@H](N)CCCN=C(N)N)C(=O)N[C@@H](CO)C(=O)N[C@@H](CO)C(=O)N[C@@H](Cc1c[nH]c2ccccc12)C(=O)N[C@@H](Cc1ccc(O)cc1)C(=O)O. The number of aromatic hydroxyl groups is 1. The number of guanidine groups is 3. The zero-order valence-electron chi connectivity index (χ0n) is 47.4. The maximum absolute atomic E-state index is 14.1. The number of aromatic amines is 1. The summed E-state index contributed by atoms with van der Waals surface area (Å²) in [7, 11) is 0. The molecule has 0 radical (unpaired) electrons. The van der Waals surface area contributed by atoms with Crippen molar-refractivity contribution >= 4 is 88.0 Å². The summed E-state index contributed by atoms with van der Waals surface area (Å²) in [5, 5.41) is 79.6. The van der Waals surface area contributed by atoms with Crippen LogP contribution in [-0.2, 0) is 60.8 Å². The largest absolute Gasteiger partial charge is 0.508 e. The molecule has 478 valence electrons.